The van der Waals surface area contributed by atoms with Gasteiger partial charge in [-0.05, 0) is 51.5 Å². The van der Waals surface area contributed by atoms with E-state index in [1.807, 2.05) is 0 Å². The number of rotatable bonds is 3. The van der Waals surface area contributed by atoms with Gasteiger partial charge in [-0.25, -0.2) is 0 Å². The molecule has 3 atom stereocenters. The molecule has 0 unspecified atom stereocenters. The maximum absolute atomic E-state index is 13.4. The van der Waals surface area contributed by atoms with E-state index in [0.717, 1.165) is 0 Å². The first kappa shape index (κ1) is 21.2. The molecule has 3 aliphatic carbocycles. The van der Waals surface area contributed by atoms with Gasteiger partial charge < -0.3 is 15.3 Å². The monoisotopic (exact) mass is 424 g/mol. The molecule has 31 heavy (non-hydrogen) atoms. The minimum absolute atomic E-state index is 0.0135. The Morgan fingerprint density at radius 1 is 1.13 bits per heavy atom. The molecular weight excluding hydrogens is 400 g/mol. The fraction of sp³-hybridized carbons (Fsp3) is 0.417. The van der Waals surface area contributed by atoms with Crippen LogP contribution >= 0.6 is 0 Å². The number of aliphatic hydroxyl groups is 2. The standard InChI is InChI=1S/C24H24O7/c1-10-6-16-9-15-8-13-4-5-14(7-11(2)25)20(27)18(13)21(28)19(15)23(30)24(16,31)22(29)17(10)12(3)26/h4-5,15-16,27,30-31H,6-9H2,1-3H3/t15-,16+,24+/m1/s1. The van der Waals surface area contributed by atoms with E-state index < -0.39 is 40.5 Å². The van der Waals surface area contributed by atoms with E-state index in [1.165, 1.54) is 13.8 Å². The summed E-state index contributed by atoms with van der Waals surface area (Å²) >= 11 is 0. The number of phenolic OH excluding ortho intramolecular Hbond substituents is 1. The molecule has 3 N–H and O–H groups in total. The van der Waals surface area contributed by atoms with Crippen LogP contribution in [0.1, 0.15) is 55.1 Å². The van der Waals surface area contributed by atoms with Gasteiger partial charge in [0.25, 0.3) is 0 Å². The number of aliphatic hydroxyl groups excluding tert-OH is 1. The number of phenols is 1. The zero-order valence-corrected chi connectivity index (χ0v) is 17.6. The molecule has 0 saturated carbocycles. The van der Waals surface area contributed by atoms with E-state index >= 15 is 0 Å². The van der Waals surface area contributed by atoms with Crippen LogP contribution < -0.4 is 0 Å². The Labute approximate surface area is 179 Å². The molecule has 1 aromatic rings. The maximum atomic E-state index is 13.4. The molecular formula is C24H24O7. The van der Waals surface area contributed by atoms with Crippen LogP contribution in [0, 0.1) is 11.8 Å². The molecule has 0 aromatic heterocycles. The molecule has 7 heteroatoms. The van der Waals surface area contributed by atoms with E-state index in [9.17, 15) is 34.5 Å². The highest BCUT2D eigenvalue weighted by molar-refractivity contribution is 6.25. The third kappa shape index (κ3) is 2.91. The fourth-order valence-corrected chi connectivity index (χ4v) is 5.45. The average molecular weight is 424 g/mol. The largest absolute Gasteiger partial charge is 0.508 e. The number of hydrogen-bond donors (Lipinski definition) is 3. The second-order valence-corrected chi connectivity index (χ2v) is 8.92. The van der Waals surface area contributed by atoms with E-state index in [1.54, 1.807) is 19.1 Å². The highest BCUT2D eigenvalue weighted by atomic mass is 16.3. The van der Waals surface area contributed by atoms with Crippen LogP contribution in [0.5, 0.6) is 5.75 Å². The second kappa shape index (κ2) is 6.99. The first-order valence-electron chi connectivity index (χ1n) is 10.3. The molecule has 0 heterocycles. The maximum Gasteiger partial charge on any atom is 0.205 e. The van der Waals surface area contributed by atoms with Gasteiger partial charge in [0.05, 0.1) is 11.1 Å². The molecule has 7 nitrogen and oxygen atoms in total. The Balaban J connectivity index is 1.87. The van der Waals surface area contributed by atoms with E-state index in [-0.39, 0.29) is 47.5 Å². The summed E-state index contributed by atoms with van der Waals surface area (Å²) in [5.74, 6) is -4.36. The lowest BCUT2D eigenvalue weighted by molar-refractivity contribution is -0.143. The number of Topliss-reactive ketones (excluding diaryl/α,β-unsaturated/α-hetero) is 4. The van der Waals surface area contributed by atoms with E-state index in [4.69, 9.17) is 0 Å². The first-order valence-corrected chi connectivity index (χ1v) is 10.3. The molecule has 0 aliphatic heterocycles. The topological polar surface area (TPSA) is 129 Å². The number of carbonyl (C=O) groups excluding carboxylic acids is 4. The van der Waals surface area contributed by atoms with Crippen LogP contribution in [0.2, 0.25) is 0 Å². The summed E-state index contributed by atoms with van der Waals surface area (Å²) in [6.07, 6.45) is 0.842. The third-order valence-corrected chi connectivity index (χ3v) is 6.81. The van der Waals surface area contributed by atoms with Crippen molar-refractivity contribution in [3.63, 3.8) is 0 Å². The van der Waals surface area contributed by atoms with Gasteiger partial charge in [-0.1, -0.05) is 17.7 Å². The second-order valence-electron chi connectivity index (χ2n) is 8.92. The predicted molar refractivity (Wildman–Crippen MR) is 110 cm³/mol. The van der Waals surface area contributed by atoms with Crippen molar-refractivity contribution in [3.05, 3.63) is 51.3 Å². The van der Waals surface area contributed by atoms with Crippen LogP contribution in [0.15, 0.2) is 34.6 Å². The van der Waals surface area contributed by atoms with Crippen molar-refractivity contribution in [1.82, 2.24) is 0 Å². The van der Waals surface area contributed by atoms with Gasteiger partial charge in [0.1, 0.15) is 17.3 Å². The number of carbonyl (C=O) groups is 4. The SMILES string of the molecule is CC(=O)Cc1ccc2c(c1O)C(=O)C1=C(O)[C@@]3(O)C(=O)C(C(C)=O)=C(C)C[C@H]3C[C@H]1C2. The number of allylic oxidation sites excluding steroid dienone is 2. The van der Waals surface area contributed by atoms with E-state index in [0.29, 0.717) is 23.1 Å². The molecule has 162 valence electrons. The van der Waals surface area contributed by atoms with Crippen LogP contribution in [0.25, 0.3) is 0 Å². The van der Waals surface area contributed by atoms with Gasteiger partial charge in [0, 0.05) is 23.5 Å². The van der Waals surface area contributed by atoms with Crippen molar-refractivity contribution in [3.8, 4) is 5.75 Å². The molecule has 0 saturated heterocycles. The summed E-state index contributed by atoms with van der Waals surface area (Å²) in [5, 5.41) is 33.0. The predicted octanol–water partition coefficient (Wildman–Crippen LogP) is 2.32. The lowest BCUT2D eigenvalue weighted by Gasteiger charge is -2.46. The summed E-state index contributed by atoms with van der Waals surface area (Å²) < 4.78 is 0. The van der Waals surface area contributed by atoms with Gasteiger partial charge >= 0.3 is 0 Å². The van der Waals surface area contributed by atoms with Crippen molar-refractivity contribution >= 4 is 23.1 Å². The van der Waals surface area contributed by atoms with Gasteiger partial charge in [-0.3, -0.25) is 19.2 Å². The van der Waals surface area contributed by atoms with Gasteiger partial charge in [0.2, 0.25) is 5.78 Å². The minimum atomic E-state index is -2.34. The molecule has 4 rings (SSSR count). The summed E-state index contributed by atoms with van der Waals surface area (Å²) in [4.78, 5) is 50.0. The number of benzene rings is 1. The normalized spacial score (nSPS) is 27.6. The van der Waals surface area contributed by atoms with Crippen LogP contribution in [0.3, 0.4) is 0 Å². The fourth-order valence-electron chi connectivity index (χ4n) is 5.45. The highest BCUT2D eigenvalue weighted by Crippen LogP contribution is 2.51. The Morgan fingerprint density at radius 3 is 2.42 bits per heavy atom. The lowest BCUT2D eigenvalue weighted by atomic mass is 9.59. The zero-order valence-electron chi connectivity index (χ0n) is 17.6. The summed E-state index contributed by atoms with van der Waals surface area (Å²) in [7, 11) is 0. The Kier molecular flexibility index (Phi) is 4.77. The number of fused-ring (bicyclic) bond motifs is 3. The van der Waals surface area contributed by atoms with Crippen LogP contribution in [-0.4, -0.2) is 44.1 Å². The van der Waals surface area contributed by atoms with Crippen LogP contribution in [-0.2, 0) is 27.2 Å². The quantitative estimate of drug-likeness (QED) is 0.635. The van der Waals surface area contributed by atoms with Gasteiger partial charge in [0.15, 0.2) is 17.2 Å². The third-order valence-electron chi connectivity index (χ3n) is 6.81. The van der Waals surface area contributed by atoms with Crippen molar-refractivity contribution in [1.29, 1.82) is 0 Å². The lowest BCUT2D eigenvalue weighted by Crippen LogP contribution is -2.56. The molecule has 0 spiro atoms. The van der Waals surface area contributed by atoms with Crippen molar-refractivity contribution in [2.24, 2.45) is 11.8 Å². The molecule has 0 bridgehead atoms. The molecule has 0 fully saturated rings. The van der Waals surface area contributed by atoms with Gasteiger partial charge in [-0.2, -0.15) is 0 Å². The minimum Gasteiger partial charge on any atom is -0.508 e. The van der Waals surface area contributed by atoms with Gasteiger partial charge in [-0.15, -0.1) is 0 Å². The number of ketones is 4. The highest BCUT2D eigenvalue weighted by Gasteiger charge is 2.58. The van der Waals surface area contributed by atoms with Crippen LogP contribution in [0.4, 0.5) is 0 Å². The Bertz CT molecular complexity index is 1140. The summed E-state index contributed by atoms with van der Waals surface area (Å²) in [6.45, 7) is 4.27. The average Bonchev–Trinajstić information content (AvgIpc) is 2.66. The van der Waals surface area contributed by atoms with Crippen molar-refractivity contribution < 1.29 is 34.5 Å². The number of aromatic hydroxyl groups is 1. The van der Waals surface area contributed by atoms with Crippen molar-refractivity contribution in [2.45, 2.75) is 52.1 Å². The summed E-state index contributed by atoms with van der Waals surface area (Å²) in [6, 6.07) is 3.32. The van der Waals surface area contributed by atoms with E-state index in [2.05, 4.69) is 0 Å². The smallest absolute Gasteiger partial charge is 0.205 e. The summed E-state index contributed by atoms with van der Waals surface area (Å²) in [5.41, 5.74) is -1.13. The number of hydrogen-bond acceptors (Lipinski definition) is 7. The molecule has 1 aromatic carbocycles. The molecule has 3 aliphatic rings. The molecule has 0 amide bonds. The molecule has 0 radical (unpaired) electrons. The Hall–Kier alpha value is -3.06. The Morgan fingerprint density at radius 2 is 1.81 bits per heavy atom. The first-order chi connectivity index (χ1) is 14.5. The van der Waals surface area contributed by atoms with Crippen molar-refractivity contribution in [2.75, 3.05) is 0 Å². The zero-order chi connectivity index (χ0) is 22.8.